The molecule has 0 heterocycles. The number of nitro benzene ring substituents is 2. The molecule has 0 bridgehead atoms. The Morgan fingerprint density at radius 2 is 1.55 bits per heavy atom. The Kier molecular flexibility index (Phi) is 6.75. The van der Waals surface area contributed by atoms with Gasteiger partial charge < -0.3 is 9.47 Å². The summed E-state index contributed by atoms with van der Waals surface area (Å²) in [4.78, 5) is 33.0. The van der Waals surface area contributed by atoms with E-state index in [4.69, 9.17) is 9.47 Å². The van der Waals surface area contributed by atoms with Crippen molar-refractivity contribution in [3.63, 3.8) is 0 Å². The number of hydrogen-bond acceptors (Lipinski definition) is 8. The average Bonchev–Trinajstić information content (AvgIpc) is 2.83. The number of methoxy groups -OCH3 is 1. The van der Waals surface area contributed by atoms with Crippen molar-refractivity contribution in [2.75, 3.05) is 7.11 Å². The smallest absolute Gasteiger partial charge is 0.344 e. The number of non-ortho nitro benzene ring substituents is 2. The number of carbonyl (C=O) groups excluding carboxylic acids is 1. The van der Waals surface area contributed by atoms with Gasteiger partial charge in [-0.05, 0) is 29.3 Å². The van der Waals surface area contributed by atoms with Crippen molar-refractivity contribution < 1.29 is 24.1 Å². The summed E-state index contributed by atoms with van der Waals surface area (Å²) in [6.07, 6.45) is 1.63. The Hall–Kier alpha value is -5.04. The van der Waals surface area contributed by atoms with Gasteiger partial charge in [0.15, 0.2) is 11.5 Å². The molecule has 3 aromatic rings. The monoisotopic (exact) mass is 445 g/mol. The summed E-state index contributed by atoms with van der Waals surface area (Å²) in [5.41, 5.74) is 0.130. The fourth-order valence-corrected chi connectivity index (χ4v) is 2.91. The number of carbonyl (C=O) groups is 1. The lowest BCUT2D eigenvalue weighted by Gasteiger charge is -2.10. The molecule has 3 aromatic carbocycles. The number of ether oxygens (including phenoxy) is 2. The van der Waals surface area contributed by atoms with Crippen LogP contribution in [0.5, 0.6) is 11.5 Å². The minimum Gasteiger partial charge on any atom is -0.493 e. The van der Waals surface area contributed by atoms with Gasteiger partial charge in [0.05, 0.1) is 40.2 Å². The third-order valence-corrected chi connectivity index (χ3v) is 4.47. The Morgan fingerprint density at radius 3 is 2.09 bits per heavy atom. The molecule has 0 aliphatic carbocycles. The van der Waals surface area contributed by atoms with Gasteiger partial charge in [-0.25, -0.2) is 4.79 Å². The summed E-state index contributed by atoms with van der Waals surface area (Å²) in [6, 6.07) is 18.2. The molecule has 0 radical (unpaired) electrons. The highest BCUT2D eigenvalue weighted by atomic mass is 16.6. The van der Waals surface area contributed by atoms with E-state index < -0.39 is 27.2 Å². The van der Waals surface area contributed by atoms with Gasteiger partial charge in [-0.15, -0.1) is 0 Å². The lowest BCUT2D eigenvalue weighted by atomic mass is 10.0. The zero-order chi connectivity index (χ0) is 24.0. The van der Waals surface area contributed by atoms with Crippen LogP contribution in [-0.4, -0.2) is 22.9 Å². The van der Waals surface area contributed by atoms with E-state index in [2.05, 4.69) is 6.07 Å². The van der Waals surface area contributed by atoms with Crippen LogP contribution < -0.4 is 9.47 Å². The summed E-state index contributed by atoms with van der Waals surface area (Å²) in [5.74, 6) is -0.889. The van der Waals surface area contributed by atoms with E-state index in [-0.39, 0.29) is 17.1 Å². The van der Waals surface area contributed by atoms with E-state index >= 15 is 0 Å². The quantitative estimate of drug-likeness (QED) is 0.126. The zero-order valence-electron chi connectivity index (χ0n) is 17.1. The van der Waals surface area contributed by atoms with E-state index in [1.54, 1.807) is 30.3 Å². The van der Waals surface area contributed by atoms with Crippen LogP contribution in [0.25, 0.3) is 11.6 Å². The number of nitrogens with zero attached hydrogens (tertiary/aromatic N) is 3. The minimum absolute atomic E-state index is 0.00738. The van der Waals surface area contributed by atoms with E-state index in [0.717, 1.165) is 23.8 Å². The van der Waals surface area contributed by atoms with Gasteiger partial charge in [0.2, 0.25) is 0 Å². The Bertz CT molecular complexity index is 1280. The maximum Gasteiger partial charge on any atom is 0.344 e. The van der Waals surface area contributed by atoms with Crippen molar-refractivity contribution in [1.82, 2.24) is 0 Å². The standard InChI is InChI=1S/C23H15N3O7/c1-32-22-10-15(9-18(14-24)16-5-3-2-4-6-16)7-8-21(22)33-23(27)17-11-19(25(28)29)13-20(12-17)26(30)31/h2-13H,1H3. The van der Waals surface area contributed by atoms with Gasteiger partial charge in [0.1, 0.15) is 0 Å². The van der Waals surface area contributed by atoms with Crippen molar-refractivity contribution in [3.8, 4) is 17.6 Å². The number of hydrogen-bond donors (Lipinski definition) is 0. The molecule has 0 saturated carbocycles. The number of benzene rings is 3. The molecule has 0 amide bonds. The second-order valence-electron chi connectivity index (χ2n) is 6.59. The molecule has 0 saturated heterocycles. The lowest BCUT2D eigenvalue weighted by molar-refractivity contribution is -0.394. The summed E-state index contributed by atoms with van der Waals surface area (Å²) in [7, 11) is 1.35. The van der Waals surface area contributed by atoms with E-state index in [1.807, 2.05) is 18.2 Å². The molecular formula is C23H15N3O7. The van der Waals surface area contributed by atoms with Crippen LogP contribution in [0, 0.1) is 31.6 Å². The number of allylic oxidation sites excluding steroid dienone is 1. The molecular weight excluding hydrogens is 430 g/mol. The number of esters is 1. The molecule has 0 N–H and O–H groups in total. The van der Waals surface area contributed by atoms with Gasteiger partial charge in [-0.1, -0.05) is 36.4 Å². The van der Waals surface area contributed by atoms with Crippen molar-refractivity contribution >= 4 is 29.0 Å². The number of nitriles is 1. The first-order valence-corrected chi connectivity index (χ1v) is 9.33. The summed E-state index contributed by atoms with van der Waals surface area (Å²) in [6.45, 7) is 0. The van der Waals surface area contributed by atoms with E-state index in [1.165, 1.54) is 13.2 Å². The van der Waals surface area contributed by atoms with Gasteiger partial charge in [-0.2, -0.15) is 5.26 Å². The minimum atomic E-state index is -1.04. The molecule has 3 rings (SSSR count). The molecule has 0 fully saturated rings. The summed E-state index contributed by atoms with van der Waals surface area (Å²) in [5, 5.41) is 31.6. The van der Waals surface area contributed by atoms with Gasteiger partial charge in [0.25, 0.3) is 11.4 Å². The molecule has 10 heteroatoms. The molecule has 0 unspecified atom stereocenters. The average molecular weight is 445 g/mol. The number of nitro groups is 2. The molecule has 0 atom stereocenters. The maximum atomic E-state index is 12.5. The highest BCUT2D eigenvalue weighted by molar-refractivity contribution is 5.93. The molecule has 33 heavy (non-hydrogen) atoms. The second-order valence-corrected chi connectivity index (χ2v) is 6.59. The SMILES string of the molecule is COc1cc(C=C(C#N)c2ccccc2)ccc1OC(=O)c1cc([N+](=O)[O-])cc([N+](=O)[O-])c1. The van der Waals surface area contributed by atoms with E-state index in [0.29, 0.717) is 11.1 Å². The van der Waals surface area contributed by atoms with Gasteiger partial charge in [0, 0.05) is 12.1 Å². The highest BCUT2D eigenvalue weighted by Crippen LogP contribution is 2.31. The van der Waals surface area contributed by atoms with Crippen molar-refractivity contribution in [3.05, 3.63) is 104 Å². The zero-order valence-corrected chi connectivity index (χ0v) is 17.1. The topological polar surface area (TPSA) is 146 Å². The van der Waals surface area contributed by atoms with E-state index in [9.17, 15) is 30.3 Å². The van der Waals surface area contributed by atoms with Gasteiger partial charge >= 0.3 is 5.97 Å². The second kappa shape index (κ2) is 9.84. The molecule has 0 aliphatic heterocycles. The maximum absolute atomic E-state index is 12.5. The Balaban J connectivity index is 1.92. The Labute approximate surface area is 187 Å². The molecule has 164 valence electrons. The van der Waals surface area contributed by atoms with Crippen LogP contribution in [0.4, 0.5) is 11.4 Å². The molecule has 10 nitrogen and oxygen atoms in total. The highest BCUT2D eigenvalue weighted by Gasteiger charge is 2.22. The fraction of sp³-hybridized carbons (Fsp3) is 0.0435. The predicted octanol–water partition coefficient (Wildman–Crippen LogP) is 4.79. The largest absolute Gasteiger partial charge is 0.493 e. The molecule has 0 spiro atoms. The van der Waals surface area contributed by atoms with Crippen LogP contribution in [-0.2, 0) is 0 Å². The van der Waals surface area contributed by atoms with Crippen LogP contribution in [0.3, 0.4) is 0 Å². The van der Waals surface area contributed by atoms with Crippen LogP contribution in [0.15, 0.2) is 66.7 Å². The van der Waals surface area contributed by atoms with Crippen LogP contribution in [0.2, 0.25) is 0 Å². The third kappa shape index (κ3) is 5.36. The first-order valence-electron chi connectivity index (χ1n) is 9.33. The molecule has 0 aliphatic rings. The fourth-order valence-electron chi connectivity index (χ4n) is 2.91. The molecule has 0 aromatic heterocycles. The third-order valence-electron chi connectivity index (χ3n) is 4.47. The predicted molar refractivity (Wildman–Crippen MR) is 118 cm³/mol. The summed E-state index contributed by atoms with van der Waals surface area (Å²) < 4.78 is 10.5. The first-order chi connectivity index (χ1) is 15.8. The Morgan fingerprint density at radius 1 is 0.909 bits per heavy atom. The first kappa shape index (κ1) is 22.6. The van der Waals surface area contributed by atoms with Crippen LogP contribution >= 0.6 is 0 Å². The van der Waals surface area contributed by atoms with Gasteiger partial charge in [-0.3, -0.25) is 20.2 Å². The van der Waals surface area contributed by atoms with Crippen molar-refractivity contribution in [2.45, 2.75) is 0 Å². The number of rotatable bonds is 7. The van der Waals surface area contributed by atoms with Crippen LogP contribution in [0.1, 0.15) is 21.5 Å². The lowest BCUT2D eigenvalue weighted by Crippen LogP contribution is -2.10. The summed E-state index contributed by atoms with van der Waals surface area (Å²) >= 11 is 0. The normalized spacial score (nSPS) is 10.7. The van der Waals surface area contributed by atoms with Crippen molar-refractivity contribution in [1.29, 1.82) is 5.26 Å². The van der Waals surface area contributed by atoms with Crippen molar-refractivity contribution in [2.24, 2.45) is 0 Å².